The first kappa shape index (κ1) is 15.2. The second-order valence-electron chi connectivity index (χ2n) is 4.95. The van der Waals surface area contributed by atoms with Crippen LogP contribution in [0.5, 0.6) is 5.75 Å². The molecular weight excluding hydrogens is 312 g/mol. The van der Waals surface area contributed by atoms with E-state index in [1.54, 1.807) is 24.3 Å². The largest absolute Gasteiger partial charge is 0.412 e. The molecule has 0 radical (unpaired) electrons. The van der Waals surface area contributed by atoms with Crippen LogP contribution < -0.4 is 10.1 Å². The molecule has 3 aromatic rings. The molecule has 0 fully saturated rings. The molecule has 0 bridgehead atoms. The molecule has 5 heteroatoms. The summed E-state index contributed by atoms with van der Waals surface area (Å²) in [4.78, 5) is 11.8. The molecule has 2 aromatic carbocycles. The zero-order valence-electron chi connectivity index (χ0n) is 12.3. The van der Waals surface area contributed by atoms with Crippen LogP contribution in [-0.2, 0) is 6.54 Å². The van der Waals surface area contributed by atoms with Gasteiger partial charge in [-0.2, -0.15) is 0 Å². The lowest BCUT2D eigenvalue weighted by Gasteiger charge is -2.08. The number of hydrogen-bond acceptors (Lipinski definition) is 2. The number of hydrogen-bond donors (Lipinski definition) is 1. The summed E-state index contributed by atoms with van der Waals surface area (Å²) < 4.78 is 7.22. The Morgan fingerprint density at radius 1 is 1.00 bits per heavy atom. The number of ether oxygens (including phenoxy) is 1. The van der Waals surface area contributed by atoms with E-state index in [-0.39, 0.29) is 0 Å². The summed E-state index contributed by atoms with van der Waals surface area (Å²) in [6.45, 7) is 0.386. The Bertz CT molecular complexity index is 766. The summed E-state index contributed by atoms with van der Waals surface area (Å²) in [5.41, 5.74) is 1.96. The summed E-state index contributed by atoms with van der Waals surface area (Å²) in [6, 6.07) is 18.5. The van der Waals surface area contributed by atoms with E-state index in [0.717, 1.165) is 11.3 Å². The molecule has 23 heavy (non-hydrogen) atoms. The first-order valence-corrected chi connectivity index (χ1v) is 7.52. The molecule has 1 amide bonds. The summed E-state index contributed by atoms with van der Waals surface area (Å²) in [5.74, 6) is 0.495. The monoisotopic (exact) mass is 326 g/mol. The number of halogens is 1. The van der Waals surface area contributed by atoms with Gasteiger partial charge in [-0.1, -0.05) is 23.7 Å². The minimum absolute atomic E-state index is 0.386. The third-order valence-electron chi connectivity index (χ3n) is 3.30. The Morgan fingerprint density at radius 2 is 1.65 bits per heavy atom. The van der Waals surface area contributed by atoms with Crippen LogP contribution in [0, 0.1) is 0 Å². The highest BCUT2D eigenvalue weighted by Gasteiger charge is 2.04. The highest BCUT2D eigenvalue weighted by atomic mass is 35.5. The van der Waals surface area contributed by atoms with Crippen molar-refractivity contribution in [2.75, 3.05) is 0 Å². The van der Waals surface area contributed by atoms with Crippen molar-refractivity contribution in [1.82, 2.24) is 9.88 Å². The van der Waals surface area contributed by atoms with Gasteiger partial charge in [-0.25, -0.2) is 4.79 Å². The van der Waals surface area contributed by atoms with E-state index in [1.807, 2.05) is 53.4 Å². The van der Waals surface area contributed by atoms with Crippen molar-refractivity contribution in [2.45, 2.75) is 6.54 Å². The second-order valence-corrected chi connectivity index (χ2v) is 5.39. The first-order chi connectivity index (χ1) is 11.2. The number of nitrogens with zero attached hydrogens (tertiary/aromatic N) is 1. The Balaban J connectivity index is 1.54. The Kier molecular flexibility index (Phi) is 4.64. The summed E-state index contributed by atoms with van der Waals surface area (Å²) in [5, 5.41) is 3.37. The van der Waals surface area contributed by atoms with Gasteiger partial charge in [0, 0.05) is 29.6 Å². The molecule has 1 heterocycles. The van der Waals surface area contributed by atoms with Gasteiger partial charge in [-0.3, -0.25) is 0 Å². The van der Waals surface area contributed by atoms with Gasteiger partial charge in [0.2, 0.25) is 0 Å². The first-order valence-electron chi connectivity index (χ1n) is 7.14. The fourth-order valence-electron chi connectivity index (χ4n) is 2.11. The average molecular weight is 327 g/mol. The summed E-state index contributed by atoms with van der Waals surface area (Å²) in [6.07, 6.45) is 3.41. The number of benzene rings is 2. The normalized spacial score (nSPS) is 10.3. The van der Waals surface area contributed by atoms with Gasteiger partial charge in [-0.05, 0) is 54.1 Å². The minimum atomic E-state index is -0.492. The van der Waals surface area contributed by atoms with Crippen LogP contribution in [0.25, 0.3) is 5.69 Å². The van der Waals surface area contributed by atoms with E-state index < -0.39 is 6.09 Å². The van der Waals surface area contributed by atoms with Crippen molar-refractivity contribution in [3.63, 3.8) is 0 Å². The molecule has 1 aromatic heterocycles. The lowest BCUT2D eigenvalue weighted by atomic mass is 10.2. The maximum Gasteiger partial charge on any atom is 0.412 e. The molecule has 0 aliphatic rings. The lowest BCUT2D eigenvalue weighted by molar-refractivity contribution is 0.200. The van der Waals surface area contributed by atoms with Gasteiger partial charge < -0.3 is 14.6 Å². The number of carbonyl (C=O) groups is 1. The van der Waals surface area contributed by atoms with Gasteiger partial charge in [-0.15, -0.1) is 0 Å². The van der Waals surface area contributed by atoms with Crippen LogP contribution >= 0.6 is 11.6 Å². The van der Waals surface area contributed by atoms with Crippen molar-refractivity contribution in [3.8, 4) is 11.4 Å². The molecule has 0 aliphatic heterocycles. The van der Waals surface area contributed by atoms with Crippen LogP contribution in [0.1, 0.15) is 5.56 Å². The predicted octanol–water partition coefficient (Wildman–Crippen LogP) is 4.42. The molecule has 0 saturated carbocycles. The molecule has 0 atom stereocenters. The zero-order valence-corrected chi connectivity index (χ0v) is 13.0. The molecule has 0 unspecified atom stereocenters. The molecule has 0 saturated heterocycles. The van der Waals surface area contributed by atoms with Crippen LogP contribution in [0.2, 0.25) is 5.02 Å². The fourth-order valence-corrected chi connectivity index (χ4v) is 2.24. The molecule has 3 rings (SSSR count). The Labute approximate surface area is 139 Å². The molecule has 0 aliphatic carbocycles. The maximum absolute atomic E-state index is 11.8. The number of aromatic nitrogens is 1. The molecule has 1 N–H and O–H groups in total. The average Bonchev–Trinajstić information content (AvgIpc) is 3.09. The molecular formula is C18H15ClN2O2. The number of carbonyl (C=O) groups excluding carboxylic acids is 1. The van der Waals surface area contributed by atoms with Gasteiger partial charge in [0.1, 0.15) is 5.75 Å². The summed E-state index contributed by atoms with van der Waals surface area (Å²) in [7, 11) is 0. The highest BCUT2D eigenvalue weighted by Crippen LogP contribution is 2.15. The quantitative estimate of drug-likeness (QED) is 0.771. The fraction of sp³-hybridized carbons (Fsp3) is 0.0556. The standard InChI is InChI=1S/C18H15ClN2O2/c19-15-5-3-14(4-6-15)13-20-18(22)23-17-9-7-16(8-10-17)21-11-1-2-12-21/h1-12H,13H2,(H,20,22). The number of rotatable bonds is 4. The van der Waals surface area contributed by atoms with Gasteiger partial charge in [0.05, 0.1) is 0 Å². The highest BCUT2D eigenvalue weighted by molar-refractivity contribution is 6.30. The van der Waals surface area contributed by atoms with Gasteiger partial charge in [0.25, 0.3) is 0 Å². The van der Waals surface area contributed by atoms with Crippen LogP contribution in [0.15, 0.2) is 73.1 Å². The SMILES string of the molecule is O=C(NCc1ccc(Cl)cc1)Oc1ccc(-n2cccc2)cc1. The van der Waals surface area contributed by atoms with Crippen LogP contribution in [-0.4, -0.2) is 10.7 Å². The molecule has 0 spiro atoms. The van der Waals surface area contributed by atoms with E-state index in [1.165, 1.54) is 0 Å². The second kappa shape index (κ2) is 7.03. The minimum Gasteiger partial charge on any atom is -0.410 e. The van der Waals surface area contributed by atoms with Crippen molar-refractivity contribution in [1.29, 1.82) is 0 Å². The zero-order chi connectivity index (χ0) is 16.1. The van der Waals surface area contributed by atoms with Gasteiger partial charge >= 0.3 is 6.09 Å². The molecule has 116 valence electrons. The van der Waals surface area contributed by atoms with Crippen LogP contribution in [0.4, 0.5) is 4.79 Å². The smallest absolute Gasteiger partial charge is 0.410 e. The van der Waals surface area contributed by atoms with Crippen LogP contribution in [0.3, 0.4) is 0 Å². The Hall–Kier alpha value is -2.72. The predicted molar refractivity (Wildman–Crippen MR) is 90.1 cm³/mol. The van der Waals surface area contributed by atoms with E-state index in [9.17, 15) is 4.79 Å². The van der Waals surface area contributed by atoms with Crippen molar-refractivity contribution < 1.29 is 9.53 Å². The van der Waals surface area contributed by atoms with E-state index >= 15 is 0 Å². The van der Waals surface area contributed by atoms with E-state index in [0.29, 0.717) is 17.3 Å². The van der Waals surface area contributed by atoms with Gasteiger partial charge in [0.15, 0.2) is 0 Å². The Morgan fingerprint density at radius 3 is 2.30 bits per heavy atom. The summed E-state index contributed by atoms with van der Waals surface area (Å²) >= 11 is 5.82. The lowest BCUT2D eigenvalue weighted by Crippen LogP contribution is -2.26. The number of amides is 1. The maximum atomic E-state index is 11.8. The van der Waals surface area contributed by atoms with Crippen molar-refractivity contribution in [2.24, 2.45) is 0 Å². The van der Waals surface area contributed by atoms with Crippen molar-refractivity contribution in [3.05, 3.63) is 83.6 Å². The number of nitrogens with one attached hydrogen (secondary N) is 1. The van der Waals surface area contributed by atoms with E-state index in [2.05, 4.69) is 5.32 Å². The topological polar surface area (TPSA) is 43.3 Å². The molecule has 4 nitrogen and oxygen atoms in total. The van der Waals surface area contributed by atoms with E-state index in [4.69, 9.17) is 16.3 Å². The third-order valence-corrected chi connectivity index (χ3v) is 3.55. The van der Waals surface area contributed by atoms with Crippen molar-refractivity contribution >= 4 is 17.7 Å². The third kappa shape index (κ3) is 4.14.